The maximum absolute atomic E-state index is 13.1. The molecule has 6 N–H and O–H groups in total. The summed E-state index contributed by atoms with van der Waals surface area (Å²) in [5.41, 5.74) is 17.4. The predicted octanol–water partition coefficient (Wildman–Crippen LogP) is 10.1. The van der Waals surface area contributed by atoms with E-state index < -0.39 is 0 Å². The molecule has 4 fully saturated rings. The number of thiazole rings is 1. The Bertz CT molecular complexity index is 2780. The van der Waals surface area contributed by atoms with Crippen LogP contribution in [0.4, 0.5) is 33.7 Å². The van der Waals surface area contributed by atoms with Gasteiger partial charge in [-0.05, 0) is 180 Å². The molecular weight excluding hydrogens is 1120 g/mol. The molecule has 1 atom stereocenters. The molecular formula is C56H72BrN10O6PS3. The number of carbonyl (C=O) groups is 2. The number of nitrogen functional groups attached to an aromatic ring is 1. The highest BCUT2D eigenvalue weighted by molar-refractivity contribution is 9.09. The number of benzene rings is 4. The van der Waals surface area contributed by atoms with Crippen LogP contribution >= 0.6 is 61.1 Å². The predicted molar refractivity (Wildman–Crippen MR) is 328 cm³/mol. The number of alkyl halides is 1. The Morgan fingerprint density at radius 2 is 1.17 bits per heavy atom. The summed E-state index contributed by atoms with van der Waals surface area (Å²) in [5, 5.41) is 8.26. The Balaban J connectivity index is 0.000000167. The number of thioether (sulfide) groups is 1. The third-order valence-corrected chi connectivity index (χ3v) is 16.7. The van der Waals surface area contributed by atoms with Crippen LogP contribution in [0.5, 0.6) is 23.0 Å². The molecule has 7 heterocycles. The van der Waals surface area contributed by atoms with Crippen LogP contribution in [0.1, 0.15) is 83.9 Å². The number of rotatable bonds is 12. The number of ether oxygens (including phenoxy) is 4. The number of aromatic nitrogens is 1. The average Bonchev–Trinajstić information content (AvgIpc) is 4.28. The molecule has 4 saturated heterocycles. The van der Waals surface area contributed by atoms with Gasteiger partial charge in [0, 0.05) is 72.1 Å². The number of fused-ring (bicyclic) bond motifs is 2. The van der Waals surface area contributed by atoms with Crippen LogP contribution in [0.15, 0.2) is 89.9 Å². The summed E-state index contributed by atoms with van der Waals surface area (Å²) >= 11 is 11.1. The summed E-state index contributed by atoms with van der Waals surface area (Å²) < 4.78 is 21.9. The number of halogens is 1. The number of Topliss-reactive ketones (excluding diaryl/α,β-unsaturated/α-hetero) is 1. The molecule has 21 heteroatoms. The van der Waals surface area contributed by atoms with E-state index in [2.05, 4.69) is 105 Å². The summed E-state index contributed by atoms with van der Waals surface area (Å²) in [4.78, 5) is 43.8. The van der Waals surface area contributed by atoms with Crippen molar-refractivity contribution in [3.63, 3.8) is 0 Å². The number of nitrogens with two attached hydrogens (primary N) is 2. The number of nitrogens with zero attached hydrogens (tertiary/aromatic N) is 6. The first-order chi connectivity index (χ1) is 37.1. The zero-order valence-electron chi connectivity index (χ0n) is 43.9. The van der Waals surface area contributed by atoms with E-state index in [1.807, 2.05) is 6.92 Å². The van der Waals surface area contributed by atoms with Gasteiger partial charge in [-0.3, -0.25) is 9.59 Å². The number of hydrogen-bond donors (Lipinski definition) is 4. The van der Waals surface area contributed by atoms with Crippen molar-refractivity contribution < 1.29 is 28.5 Å². The van der Waals surface area contributed by atoms with Crippen LogP contribution in [-0.4, -0.2) is 139 Å². The maximum atomic E-state index is 13.1. The molecule has 5 aromatic rings. The molecule has 4 aromatic carbocycles. The summed E-state index contributed by atoms with van der Waals surface area (Å²) in [6.07, 6.45) is 10.5. The van der Waals surface area contributed by atoms with E-state index in [-0.39, 0.29) is 27.3 Å². The molecule has 0 saturated carbocycles. The second-order valence-corrected chi connectivity index (χ2v) is 22.5. The van der Waals surface area contributed by atoms with Crippen LogP contribution in [0.25, 0.3) is 0 Å². The lowest BCUT2D eigenvalue weighted by atomic mass is 10.0. The highest BCUT2D eigenvalue weighted by Crippen LogP contribution is 2.36. The number of anilines is 6. The summed E-state index contributed by atoms with van der Waals surface area (Å²) in [7, 11) is 0. The Morgan fingerprint density at radius 1 is 0.701 bits per heavy atom. The van der Waals surface area contributed by atoms with Gasteiger partial charge in [0.1, 0.15) is 37.1 Å². The SMILES string of the molecule is CCSC(N)=NC(=S)Nc1ccc(N2CCC(N3CCCC3)CC2)cc1.Nc1nc(Nc2ccc(N3CCC(N4CCCC4)CC3)cc2)sc1C(=O)c1ccc2c(c1)OCCO2.O=C(CBr)c1ccc2c(c1)OCCO2.P. The van der Waals surface area contributed by atoms with E-state index in [4.69, 9.17) is 42.6 Å². The number of likely N-dealkylation sites (tertiary alicyclic amines) is 2. The van der Waals surface area contributed by atoms with E-state index >= 15 is 0 Å². The highest BCUT2D eigenvalue weighted by atomic mass is 79.9. The Morgan fingerprint density at radius 3 is 1.66 bits per heavy atom. The number of hydrogen-bond acceptors (Lipinski definition) is 16. The van der Waals surface area contributed by atoms with Gasteiger partial charge < -0.3 is 60.6 Å². The first-order valence-corrected chi connectivity index (χ1v) is 29.9. The molecule has 0 radical (unpaired) electrons. The third-order valence-electron chi connectivity index (χ3n) is 14.4. The van der Waals surface area contributed by atoms with E-state index in [0.717, 1.165) is 55.4 Å². The number of carbonyl (C=O) groups excluding carboxylic acids is 2. The van der Waals surface area contributed by atoms with Gasteiger partial charge in [0.25, 0.3) is 0 Å². The smallest absolute Gasteiger partial charge is 0.206 e. The zero-order chi connectivity index (χ0) is 52.8. The maximum Gasteiger partial charge on any atom is 0.206 e. The topological polar surface area (TPSA) is 185 Å². The lowest BCUT2D eigenvalue weighted by Crippen LogP contribution is -2.43. The molecule has 0 aliphatic carbocycles. The van der Waals surface area contributed by atoms with Crippen LogP contribution < -0.4 is 50.8 Å². The van der Waals surface area contributed by atoms with Gasteiger partial charge in [-0.15, -0.1) is 0 Å². The Kier molecular flexibility index (Phi) is 21.5. The fourth-order valence-electron chi connectivity index (χ4n) is 10.4. The fourth-order valence-corrected chi connectivity index (χ4v) is 12.3. The summed E-state index contributed by atoms with van der Waals surface area (Å²) in [6.45, 7) is 13.8. The van der Waals surface area contributed by atoms with Crippen molar-refractivity contribution in [1.82, 2.24) is 14.8 Å². The van der Waals surface area contributed by atoms with E-state index in [0.29, 0.717) is 86.2 Å². The largest absolute Gasteiger partial charge is 0.486 e. The van der Waals surface area contributed by atoms with Crippen LogP contribution in [0, 0.1) is 0 Å². The Hall–Kier alpha value is -5.21. The molecule has 0 amide bonds. The van der Waals surface area contributed by atoms with Crippen LogP contribution in [0.3, 0.4) is 0 Å². The molecule has 0 bridgehead atoms. The second kappa shape index (κ2) is 28.6. The first kappa shape index (κ1) is 58.0. The lowest BCUT2D eigenvalue weighted by molar-refractivity contribution is 0.101. The van der Waals surface area contributed by atoms with Crippen LogP contribution in [0.2, 0.25) is 0 Å². The van der Waals surface area contributed by atoms with Gasteiger partial charge in [-0.2, -0.15) is 14.9 Å². The zero-order valence-corrected chi connectivity index (χ0v) is 49.3. The van der Waals surface area contributed by atoms with Gasteiger partial charge in [-0.25, -0.2) is 4.98 Å². The first-order valence-electron chi connectivity index (χ1n) is 26.5. The molecule has 16 nitrogen and oxygen atoms in total. The van der Waals surface area contributed by atoms with Gasteiger partial charge in [0.2, 0.25) is 5.78 Å². The molecule has 77 heavy (non-hydrogen) atoms. The molecule has 0 spiro atoms. The number of thiocarbonyl (C=S) groups is 1. The number of nitrogens with one attached hydrogen (secondary N) is 2. The number of amidine groups is 1. The lowest BCUT2D eigenvalue weighted by Gasteiger charge is -2.37. The van der Waals surface area contributed by atoms with Gasteiger partial charge in [0.05, 0.1) is 5.33 Å². The molecule has 6 aliphatic heterocycles. The second-order valence-electron chi connectivity index (χ2n) is 19.3. The number of ketones is 2. The van der Waals surface area contributed by atoms with Crippen molar-refractivity contribution in [2.24, 2.45) is 10.7 Å². The number of piperidine rings is 2. The molecule has 1 aromatic heterocycles. The number of aliphatic imine (C=N–C) groups is 1. The highest BCUT2D eigenvalue weighted by Gasteiger charge is 2.28. The minimum atomic E-state index is -0.178. The summed E-state index contributed by atoms with van der Waals surface area (Å²) in [6, 6.07) is 28.8. The average molecular weight is 1190 g/mol. The standard InChI is InChI=1S/C27H31N5O3S.C19H29N5S2.C10H9BrO3.H3P/c28-26-25(24(33)18-3-8-22-23(17-18)35-16-15-34-22)36-27(30-26)29-19-4-6-20(7-5-19)32-13-9-21(10-14-32)31-11-1-2-12-31;1-2-26-18(20)22-19(25)21-15-5-7-16(8-6-15)24-13-9-17(10-14-24)23-11-3-4-12-23;11-6-8(12)7-1-2-9-10(5-7)14-4-3-13-9;/h3-8,17,21H,1-2,9-16,28H2,(H,29,30);5-8,17H,2-4,9-14H2,1H3,(H3,20,21,22,25);1-2,5H,3-4,6H2;1H3. The van der Waals surface area contributed by atoms with Crippen LogP contribution in [-0.2, 0) is 0 Å². The minimum absolute atomic E-state index is 0. The normalized spacial score (nSPS) is 17.8. The van der Waals surface area contributed by atoms with Crippen molar-refractivity contribution in [3.05, 3.63) is 101 Å². The molecule has 1 unspecified atom stereocenters. The minimum Gasteiger partial charge on any atom is -0.486 e. The molecule has 11 rings (SSSR count). The van der Waals surface area contributed by atoms with Gasteiger partial charge in [0.15, 0.2) is 44.2 Å². The molecule has 6 aliphatic rings. The third kappa shape index (κ3) is 15.8. The van der Waals surface area contributed by atoms with E-state index in [9.17, 15) is 9.59 Å². The monoisotopic (exact) mass is 1190 g/mol. The van der Waals surface area contributed by atoms with E-state index in [1.54, 1.807) is 36.4 Å². The molecule has 412 valence electrons. The summed E-state index contributed by atoms with van der Waals surface area (Å²) in [5.74, 6) is 3.57. The van der Waals surface area contributed by atoms with Gasteiger partial charge >= 0.3 is 0 Å². The van der Waals surface area contributed by atoms with Crippen molar-refractivity contribution in [1.29, 1.82) is 0 Å². The van der Waals surface area contributed by atoms with Crippen molar-refractivity contribution in [3.8, 4) is 23.0 Å². The van der Waals surface area contributed by atoms with Crippen molar-refractivity contribution >= 4 is 117 Å². The quantitative estimate of drug-likeness (QED) is 0.0231. The van der Waals surface area contributed by atoms with E-state index in [1.165, 1.54) is 112 Å². The van der Waals surface area contributed by atoms with Gasteiger partial charge in [-0.1, -0.05) is 46.0 Å². The fraction of sp³-hybridized carbons (Fsp3) is 0.446. The van der Waals surface area contributed by atoms with Crippen molar-refractivity contribution in [2.45, 2.75) is 70.4 Å². The van der Waals surface area contributed by atoms with Crippen molar-refractivity contribution in [2.75, 3.05) is 116 Å². The Labute approximate surface area is 478 Å².